The van der Waals surface area contributed by atoms with Gasteiger partial charge in [-0.25, -0.2) is 4.98 Å². The number of β-amino-alcohol motifs (C(OH)–C–C–N with tert-alkyl or cyclic N) is 1. The molecule has 2 heterocycles. The molecule has 0 saturated carbocycles. The number of amides is 1. The van der Waals surface area contributed by atoms with Crippen LogP contribution < -0.4 is 0 Å². The van der Waals surface area contributed by atoms with E-state index in [1.54, 1.807) is 11.8 Å². The summed E-state index contributed by atoms with van der Waals surface area (Å²) in [6, 6.07) is 7.42. The molecule has 1 fully saturated rings. The van der Waals surface area contributed by atoms with Crippen LogP contribution in [0.2, 0.25) is 0 Å². The number of likely N-dealkylation sites (tertiary alicyclic amines) is 1. The number of benzene rings is 1. The van der Waals surface area contributed by atoms with E-state index in [0.29, 0.717) is 24.3 Å². The van der Waals surface area contributed by atoms with E-state index in [0.717, 1.165) is 5.52 Å². The average Bonchev–Trinajstić information content (AvgIpc) is 2.34. The SMILES string of the molecule is CC1(O)CN(C(=O)c2cnc3ccccc3n2)C1. The van der Waals surface area contributed by atoms with Crippen LogP contribution in [0, 0.1) is 0 Å². The largest absolute Gasteiger partial charge is 0.386 e. The lowest BCUT2D eigenvalue weighted by atomic mass is 9.97. The molecule has 1 aromatic heterocycles. The van der Waals surface area contributed by atoms with Gasteiger partial charge >= 0.3 is 0 Å². The highest BCUT2D eigenvalue weighted by atomic mass is 16.3. The van der Waals surface area contributed by atoms with Crippen molar-refractivity contribution in [3.63, 3.8) is 0 Å². The van der Waals surface area contributed by atoms with Crippen LogP contribution in [0.4, 0.5) is 0 Å². The Bertz CT molecular complexity index is 616. The van der Waals surface area contributed by atoms with Crippen LogP contribution in [0.1, 0.15) is 17.4 Å². The number of hydrogen-bond acceptors (Lipinski definition) is 4. The summed E-state index contributed by atoms with van der Waals surface area (Å²) in [6.07, 6.45) is 1.48. The first kappa shape index (κ1) is 11.1. The highest BCUT2D eigenvalue weighted by Gasteiger charge is 2.40. The smallest absolute Gasteiger partial charge is 0.274 e. The molecule has 1 amide bonds. The van der Waals surface area contributed by atoms with Crippen LogP contribution in [0.3, 0.4) is 0 Å². The maximum atomic E-state index is 12.1. The summed E-state index contributed by atoms with van der Waals surface area (Å²) in [6.45, 7) is 2.41. The number of nitrogens with zero attached hydrogens (tertiary/aromatic N) is 3. The highest BCUT2D eigenvalue weighted by molar-refractivity contribution is 5.94. The molecule has 1 saturated heterocycles. The van der Waals surface area contributed by atoms with Gasteiger partial charge in [0.15, 0.2) is 0 Å². The fraction of sp³-hybridized carbons (Fsp3) is 0.308. The van der Waals surface area contributed by atoms with Gasteiger partial charge < -0.3 is 10.0 Å². The topological polar surface area (TPSA) is 66.3 Å². The Morgan fingerprint density at radius 1 is 1.33 bits per heavy atom. The standard InChI is InChI=1S/C13H13N3O2/c1-13(18)7-16(8-13)12(17)11-6-14-9-4-2-3-5-10(9)15-11/h2-6,18H,7-8H2,1H3. The number of carbonyl (C=O) groups is 1. The van der Waals surface area contributed by atoms with Gasteiger partial charge in [0.05, 0.1) is 35.9 Å². The molecule has 18 heavy (non-hydrogen) atoms. The molecular weight excluding hydrogens is 230 g/mol. The maximum absolute atomic E-state index is 12.1. The fourth-order valence-corrected chi connectivity index (χ4v) is 2.14. The third kappa shape index (κ3) is 1.82. The first-order valence-electron chi connectivity index (χ1n) is 5.79. The first-order valence-corrected chi connectivity index (χ1v) is 5.79. The maximum Gasteiger partial charge on any atom is 0.274 e. The molecule has 5 heteroatoms. The van der Waals surface area contributed by atoms with Crippen molar-refractivity contribution in [1.29, 1.82) is 0 Å². The average molecular weight is 243 g/mol. The third-order valence-electron chi connectivity index (χ3n) is 3.02. The number of carbonyl (C=O) groups excluding carboxylic acids is 1. The number of rotatable bonds is 1. The van der Waals surface area contributed by atoms with Crippen molar-refractivity contribution in [2.24, 2.45) is 0 Å². The minimum Gasteiger partial charge on any atom is -0.386 e. The molecule has 5 nitrogen and oxygen atoms in total. The van der Waals surface area contributed by atoms with Gasteiger partial charge in [-0.2, -0.15) is 0 Å². The first-order chi connectivity index (χ1) is 8.55. The molecule has 1 aliphatic heterocycles. The van der Waals surface area contributed by atoms with Crippen molar-refractivity contribution >= 4 is 16.9 Å². The number of aromatic nitrogens is 2. The molecule has 1 aromatic carbocycles. The minimum atomic E-state index is -0.764. The zero-order valence-electron chi connectivity index (χ0n) is 10.00. The van der Waals surface area contributed by atoms with Gasteiger partial charge in [0.1, 0.15) is 5.69 Å². The molecule has 0 atom stereocenters. The molecule has 92 valence electrons. The number of para-hydroxylation sites is 2. The second kappa shape index (κ2) is 3.74. The van der Waals surface area contributed by atoms with E-state index in [9.17, 15) is 9.90 Å². The second-order valence-electron chi connectivity index (χ2n) is 4.90. The van der Waals surface area contributed by atoms with E-state index < -0.39 is 5.60 Å². The molecule has 0 unspecified atom stereocenters. The van der Waals surface area contributed by atoms with Crippen LogP contribution in [0.25, 0.3) is 11.0 Å². The van der Waals surface area contributed by atoms with Crippen LogP contribution >= 0.6 is 0 Å². The van der Waals surface area contributed by atoms with Crippen molar-refractivity contribution in [3.05, 3.63) is 36.2 Å². The predicted molar refractivity (Wildman–Crippen MR) is 66.1 cm³/mol. The fourth-order valence-electron chi connectivity index (χ4n) is 2.14. The minimum absolute atomic E-state index is 0.181. The molecule has 0 bridgehead atoms. The number of aliphatic hydroxyl groups is 1. The van der Waals surface area contributed by atoms with Gasteiger partial charge in [0, 0.05) is 0 Å². The third-order valence-corrected chi connectivity index (χ3v) is 3.02. The van der Waals surface area contributed by atoms with E-state index in [4.69, 9.17) is 0 Å². The van der Waals surface area contributed by atoms with Crippen LogP contribution in [0.15, 0.2) is 30.5 Å². The Balaban J connectivity index is 1.88. The Labute approximate surface area is 104 Å². The van der Waals surface area contributed by atoms with Crippen molar-refractivity contribution in [3.8, 4) is 0 Å². The van der Waals surface area contributed by atoms with Gasteiger partial charge in [0.25, 0.3) is 5.91 Å². The Kier molecular flexibility index (Phi) is 2.31. The van der Waals surface area contributed by atoms with Gasteiger partial charge in [-0.1, -0.05) is 12.1 Å². The van der Waals surface area contributed by atoms with Gasteiger partial charge in [-0.3, -0.25) is 9.78 Å². The molecule has 1 N–H and O–H groups in total. The van der Waals surface area contributed by atoms with Crippen LogP contribution in [-0.4, -0.2) is 44.6 Å². The summed E-state index contributed by atoms with van der Waals surface area (Å²) < 4.78 is 0. The van der Waals surface area contributed by atoms with Crippen molar-refractivity contribution < 1.29 is 9.90 Å². The summed E-state index contributed by atoms with van der Waals surface area (Å²) >= 11 is 0. The summed E-state index contributed by atoms with van der Waals surface area (Å²) in [5.74, 6) is -0.181. The number of fused-ring (bicyclic) bond motifs is 1. The summed E-state index contributed by atoms with van der Waals surface area (Å²) in [4.78, 5) is 22.1. The highest BCUT2D eigenvalue weighted by Crippen LogP contribution is 2.21. The second-order valence-corrected chi connectivity index (χ2v) is 4.90. The van der Waals surface area contributed by atoms with Crippen molar-refractivity contribution in [2.45, 2.75) is 12.5 Å². The molecule has 1 aliphatic rings. The summed E-state index contributed by atoms with van der Waals surface area (Å²) in [5, 5.41) is 9.62. The van der Waals surface area contributed by atoms with Gasteiger partial charge in [0.2, 0.25) is 0 Å². The zero-order valence-corrected chi connectivity index (χ0v) is 10.00. The predicted octanol–water partition coefficient (Wildman–Crippen LogP) is 0.837. The Morgan fingerprint density at radius 3 is 2.67 bits per heavy atom. The van der Waals surface area contributed by atoms with E-state index in [2.05, 4.69) is 9.97 Å². The molecule has 0 spiro atoms. The van der Waals surface area contributed by atoms with Crippen molar-refractivity contribution in [1.82, 2.24) is 14.9 Å². The normalized spacial score (nSPS) is 17.6. The van der Waals surface area contributed by atoms with Crippen LogP contribution in [-0.2, 0) is 0 Å². The van der Waals surface area contributed by atoms with E-state index in [1.165, 1.54) is 6.20 Å². The van der Waals surface area contributed by atoms with Crippen LogP contribution in [0.5, 0.6) is 0 Å². The van der Waals surface area contributed by atoms with E-state index >= 15 is 0 Å². The molecular formula is C13H13N3O2. The van der Waals surface area contributed by atoms with E-state index in [1.807, 2.05) is 24.3 Å². The van der Waals surface area contributed by atoms with Crippen molar-refractivity contribution in [2.75, 3.05) is 13.1 Å². The molecule has 0 aliphatic carbocycles. The molecule has 2 aromatic rings. The lowest BCUT2D eigenvalue weighted by Crippen LogP contribution is -2.61. The molecule has 0 radical (unpaired) electrons. The zero-order chi connectivity index (χ0) is 12.8. The number of hydrogen-bond donors (Lipinski definition) is 1. The van der Waals surface area contributed by atoms with Gasteiger partial charge in [-0.15, -0.1) is 0 Å². The van der Waals surface area contributed by atoms with E-state index in [-0.39, 0.29) is 5.91 Å². The Morgan fingerprint density at radius 2 is 2.00 bits per heavy atom. The monoisotopic (exact) mass is 243 g/mol. The lowest BCUT2D eigenvalue weighted by molar-refractivity contribution is -0.0670. The van der Waals surface area contributed by atoms with Gasteiger partial charge in [-0.05, 0) is 19.1 Å². The lowest BCUT2D eigenvalue weighted by Gasteiger charge is -2.43. The Hall–Kier alpha value is -2.01. The molecule has 3 rings (SSSR count). The quantitative estimate of drug-likeness (QED) is 0.806. The summed E-state index contributed by atoms with van der Waals surface area (Å²) in [5.41, 5.74) is 1.03. The summed E-state index contributed by atoms with van der Waals surface area (Å²) in [7, 11) is 0.